The summed E-state index contributed by atoms with van der Waals surface area (Å²) in [7, 11) is 0. The van der Waals surface area contributed by atoms with Crippen molar-refractivity contribution in [2.24, 2.45) is 5.92 Å². The van der Waals surface area contributed by atoms with Gasteiger partial charge in [-0.2, -0.15) is 0 Å². The van der Waals surface area contributed by atoms with Gasteiger partial charge in [0.15, 0.2) is 0 Å². The number of unbranched alkanes of at least 4 members (excludes halogenated alkanes) is 1. The molecule has 0 aromatic heterocycles. The first kappa shape index (κ1) is 11.3. The van der Waals surface area contributed by atoms with Crippen molar-refractivity contribution < 1.29 is 0 Å². The average molecular weight is 190 g/mol. The van der Waals surface area contributed by atoms with E-state index in [2.05, 4.69) is 45.1 Å². The van der Waals surface area contributed by atoms with Crippen LogP contribution in [-0.4, -0.2) is 0 Å². The van der Waals surface area contributed by atoms with Crippen LogP contribution in [0.5, 0.6) is 0 Å². The number of hydrogen-bond donors (Lipinski definition) is 0. The highest BCUT2D eigenvalue weighted by molar-refractivity contribution is 5.21. The molecule has 0 amide bonds. The van der Waals surface area contributed by atoms with E-state index in [4.69, 9.17) is 0 Å². The Kier molecular flexibility index (Phi) is 4.72. The van der Waals surface area contributed by atoms with Crippen LogP contribution in [0.2, 0.25) is 0 Å². The first-order chi connectivity index (χ1) is 6.68. The van der Waals surface area contributed by atoms with Gasteiger partial charge in [-0.3, -0.25) is 0 Å². The molecule has 0 aromatic rings. The summed E-state index contributed by atoms with van der Waals surface area (Å²) in [6.07, 6.45) is 14.5. The van der Waals surface area contributed by atoms with Gasteiger partial charge in [-0.1, -0.05) is 35.5 Å². The first-order valence-electron chi connectivity index (χ1n) is 5.67. The maximum atomic E-state index is 2.37. The smallest absolute Gasteiger partial charge is 0.0195 e. The van der Waals surface area contributed by atoms with Gasteiger partial charge in [-0.15, -0.1) is 0 Å². The Morgan fingerprint density at radius 1 is 1.50 bits per heavy atom. The van der Waals surface area contributed by atoms with Crippen LogP contribution >= 0.6 is 0 Å². The molecule has 1 unspecified atom stereocenters. The van der Waals surface area contributed by atoms with Crippen molar-refractivity contribution in [3.05, 3.63) is 35.5 Å². The lowest BCUT2D eigenvalue weighted by molar-refractivity contribution is 0.565. The fourth-order valence-corrected chi connectivity index (χ4v) is 1.76. The van der Waals surface area contributed by atoms with E-state index in [-0.39, 0.29) is 0 Å². The van der Waals surface area contributed by atoms with Crippen LogP contribution in [0.1, 0.15) is 46.5 Å². The molecule has 0 aromatic carbocycles. The van der Waals surface area contributed by atoms with Crippen molar-refractivity contribution in [1.82, 2.24) is 0 Å². The molecule has 0 radical (unpaired) electrons. The summed E-state index contributed by atoms with van der Waals surface area (Å²) in [6.45, 7) is 6.52. The van der Waals surface area contributed by atoms with Gasteiger partial charge in [-0.25, -0.2) is 0 Å². The third kappa shape index (κ3) is 4.45. The van der Waals surface area contributed by atoms with Crippen LogP contribution < -0.4 is 0 Å². The summed E-state index contributed by atoms with van der Waals surface area (Å²) < 4.78 is 0. The molecule has 0 aliphatic heterocycles. The highest BCUT2D eigenvalue weighted by atomic mass is 14.1. The molecule has 0 bridgehead atoms. The second-order valence-electron chi connectivity index (χ2n) is 4.52. The highest BCUT2D eigenvalue weighted by Crippen LogP contribution is 2.21. The molecule has 1 aliphatic carbocycles. The minimum absolute atomic E-state index is 0.796. The van der Waals surface area contributed by atoms with Crippen molar-refractivity contribution in [3.63, 3.8) is 0 Å². The Bertz CT molecular complexity index is 249. The number of allylic oxidation sites excluding steroid dienone is 6. The van der Waals surface area contributed by atoms with E-state index < -0.39 is 0 Å². The second kappa shape index (κ2) is 5.85. The average Bonchev–Trinajstić information content (AvgIpc) is 2.15. The normalized spacial score (nSPS) is 20.5. The van der Waals surface area contributed by atoms with Gasteiger partial charge in [-0.05, 0) is 52.4 Å². The molecule has 1 rings (SSSR count). The largest absolute Gasteiger partial charge is 0.0859 e. The Morgan fingerprint density at radius 3 is 2.86 bits per heavy atom. The topological polar surface area (TPSA) is 0 Å². The van der Waals surface area contributed by atoms with E-state index in [1.54, 1.807) is 0 Å². The number of rotatable bonds is 4. The SMILES string of the molecule is CC(C)=CCCCC1C=CC(C)=CC1. The molecule has 1 atom stereocenters. The lowest BCUT2D eigenvalue weighted by atomic mass is 9.92. The fourth-order valence-electron chi connectivity index (χ4n) is 1.76. The zero-order chi connectivity index (χ0) is 10.4. The van der Waals surface area contributed by atoms with Crippen molar-refractivity contribution in [1.29, 1.82) is 0 Å². The van der Waals surface area contributed by atoms with Crippen molar-refractivity contribution in [3.8, 4) is 0 Å². The van der Waals surface area contributed by atoms with Crippen LogP contribution in [0.4, 0.5) is 0 Å². The molecule has 14 heavy (non-hydrogen) atoms. The van der Waals surface area contributed by atoms with Gasteiger partial charge in [0.2, 0.25) is 0 Å². The lowest BCUT2D eigenvalue weighted by Gasteiger charge is -2.13. The van der Waals surface area contributed by atoms with Gasteiger partial charge in [0.05, 0.1) is 0 Å². The highest BCUT2D eigenvalue weighted by Gasteiger charge is 2.05. The Morgan fingerprint density at radius 2 is 2.29 bits per heavy atom. The van der Waals surface area contributed by atoms with Gasteiger partial charge in [0.25, 0.3) is 0 Å². The van der Waals surface area contributed by atoms with E-state index in [1.807, 2.05) is 0 Å². The van der Waals surface area contributed by atoms with Gasteiger partial charge in [0, 0.05) is 0 Å². The molecular formula is C14H22. The first-order valence-corrected chi connectivity index (χ1v) is 5.67. The number of hydrogen-bond acceptors (Lipinski definition) is 0. The van der Waals surface area contributed by atoms with Crippen LogP contribution in [0, 0.1) is 5.92 Å². The summed E-state index contributed by atoms with van der Waals surface area (Å²) in [5.41, 5.74) is 2.87. The summed E-state index contributed by atoms with van der Waals surface area (Å²) in [4.78, 5) is 0. The molecule has 0 saturated heterocycles. The maximum Gasteiger partial charge on any atom is -0.0195 e. The molecule has 1 aliphatic rings. The van der Waals surface area contributed by atoms with Crippen LogP contribution in [-0.2, 0) is 0 Å². The van der Waals surface area contributed by atoms with E-state index >= 15 is 0 Å². The Hall–Kier alpha value is -0.780. The van der Waals surface area contributed by atoms with E-state index in [9.17, 15) is 0 Å². The summed E-state index contributed by atoms with van der Waals surface area (Å²) in [5.74, 6) is 0.796. The van der Waals surface area contributed by atoms with Crippen LogP contribution in [0.15, 0.2) is 35.5 Å². The monoisotopic (exact) mass is 190 g/mol. The van der Waals surface area contributed by atoms with E-state index in [1.165, 1.54) is 36.8 Å². The zero-order valence-electron chi connectivity index (χ0n) is 9.72. The Labute approximate surface area is 88.4 Å². The molecule has 0 saturated carbocycles. The lowest BCUT2D eigenvalue weighted by Crippen LogP contribution is -1.98. The summed E-state index contributed by atoms with van der Waals surface area (Å²) >= 11 is 0. The van der Waals surface area contributed by atoms with Crippen molar-refractivity contribution >= 4 is 0 Å². The van der Waals surface area contributed by atoms with Gasteiger partial charge < -0.3 is 0 Å². The third-order valence-corrected chi connectivity index (χ3v) is 2.71. The third-order valence-electron chi connectivity index (χ3n) is 2.71. The minimum atomic E-state index is 0.796. The quantitative estimate of drug-likeness (QED) is 0.447. The molecule has 0 nitrogen and oxygen atoms in total. The van der Waals surface area contributed by atoms with E-state index in [0.29, 0.717) is 0 Å². The molecule has 78 valence electrons. The minimum Gasteiger partial charge on any atom is -0.0859 e. The maximum absolute atomic E-state index is 2.37. The summed E-state index contributed by atoms with van der Waals surface area (Å²) in [6, 6.07) is 0. The van der Waals surface area contributed by atoms with Gasteiger partial charge >= 0.3 is 0 Å². The molecule has 0 heterocycles. The van der Waals surface area contributed by atoms with Crippen molar-refractivity contribution in [2.45, 2.75) is 46.5 Å². The predicted octanol–water partition coefficient (Wildman–Crippen LogP) is 4.65. The fraction of sp³-hybridized carbons (Fsp3) is 0.571. The van der Waals surface area contributed by atoms with Crippen LogP contribution in [0.3, 0.4) is 0 Å². The molecule has 0 spiro atoms. The van der Waals surface area contributed by atoms with E-state index in [0.717, 1.165) is 5.92 Å². The van der Waals surface area contributed by atoms with Gasteiger partial charge in [0.1, 0.15) is 0 Å². The molecular weight excluding hydrogens is 168 g/mol. The molecule has 0 N–H and O–H groups in total. The van der Waals surface area contributed by atoms with Crippen LogP contribution in [0.25, 0.3) is 0 Å². The second-order valence-corrected chi connectivity index (χ2v) is 4.52. The zero-order valence-corrected chi connectivity index (χ0v) is 9.72. The predicted molar refractivity (Wildman–Crippen MR) is 64.3 cm³/mol. The summed E-state index contributed by atoms with van der Waals surface area (Å²) in [5, 5.41) is 0. The Balaban J connectivity index is 2.15. The molecule has 0 heteroatoms. The standard InChI is InChI=1S/C14H22/c1-12(2)6-4-5-7-14-10-8-13(3)9-11-14/h6,8-10,14H,4-5,7,11H2,1-3H3. The van der Waals surface area contributed by atoms with Crippen molar-refractivity contribution in [2.75, 3.05) is 0 Å². The molecule has 0 fully saturated rings.